The van der Waals surface area contributed by atoms with Crippen molar-refractivity contribution in [3.63, 3.8) is 0 Å². The van der Waals surface area contributed by atoms with E-state index in [1.165, 1.54) is 7.11 Å². The number of thioether (sulfide) groups is 1. The SMILES string of the molecule is COC(=O)CNC(=O)c1ccc(NC(=O)C2CSCN2)cc1.Cl. The molecule has 1 saturated heterocycles. The molecule has 1 aliphatic heterocycles. The Morgan fingerprint density at radius 2 is 2.00 bits per heavy atom. The molecule has 1 atom stereocenters. The smallest absolute Gasteiger partial charge is 0.325 e. The first-order chi connectivity index (χ1) is 10.6. The van der Waals surface area contributed by atoms with E-state index in [2.05, 4.69) is 20.7 Å². The number of carbonyl (C=O) groups is 3. The average Bonchev–Trinajstić information content (AvgIpc) is 3.07. The molecule has 0 aliphatic carbocycles. The molecule has 126 valence electrons. The maximum absolute atomic E-state index is 11.9. The second kappa shape index (κ2) is 9.39. The summed E-state index contributed by atoms with van der Waals surface area (Å²) >= 11 is 1.67. The zero-order valence-electron chi connectivity index (χ0n) is 12.5. The van der Waals surface area contributed by atoms with Crippen molar-refractivity contribution < 1.29 is 19.1 Å². The van der Waals surface area contributed by atoms with Crippen molar-refractivity contribution in [2.24, 2.45) is 0 Å². The van der Waals surface area contributed by atoms with Crippen LogP contribution in [0.1, 0.15) is 10.4 Å². The van der Waals surface area contributed by atoms with E-state index in [0.717, 1.165) is 11.6 Å². The molecule has 0 aromatic heterocycles. The minimum atomic E-state index is -0.515. The Hall–Kier alpha value is -1.77. The number of rotatable bonds is 5. The van der Waals surface area contributed by atoms with Gasteiger partial charge in [-0.1, -0.05) is 0 Å². The van der Waals surface area contributed by atoms with Crippen molar-refractivity contribution in [3.8, 4) is 0 Å². The fourth-order valence-corrected chi connectivity index (χ4v) is 2.77. The number of methoxy groups -OCH3 is 1. The Labute approximate surface area is 144 Å². The molecule has 1 aromatic carbocycles. The summed E-state index contributed by atoms with van der Waals surface area (Å²) in [5.74, 6) is 0.543. The van der Waals surface area contributed by atoms with E-state index in [4.69, 9.17) is 0 Å². The van der Waals surface area contributed by atoms with Crippen LogP contribution >= 0.6 is 24.2 Å². The predicted octanol–water partition coefficient (Wildman–Crippen LogP) is 0.612. The Morgan fingerprint density at radius 3 is 2.57 bits per heavy atom. The number of nitrogens with one attached hydrogen (secondary N) is 3. The first kappa shape index (κ1) is 19.3. The number of esters is 1. The normalized spacial score (nSPS) is 16.1. The molecule has 1 unspecified atom stereocenters. The number of amides is 2. The second-order valence-corrected chi connectivity index (χ2v) is 5.63. The van der Waals surface area contributed by atoms with Gasteiger partial charge in [0.05, 0.1) is 13.2 Å². The molecule has 7 nitrogen and oxygen atoms in total. The molecule has 0 radical (unpaired) electrons. The van der Waals surface area contributed by atoms with Crippen LogP contribution in [0.15, 0.2) is 24.3 Å². The Kier molecular flexibility index (Phi) is 7.87. The van der Waals surface area contributed by atoms with Crippen LogP contribution in [0.25, 0.3) is 0 Å². The van der Waals surface area contributed by atoms with Gasteiger partial charge in [-0.2, -0.15) is 0 Å². The van der Waals surface area contributed by atoms with E-state index in [0.29, 0.717) is 11.3 Å². The number of hydrogen-bond acceptors (Lipinski definition) is 6. The number of halogens is 1. The molecule has 1 aliphatic rings. The fraction of sp³-hybridized carbons (Fsp3) is 0.357. The number of hydrogen-bond donors (Lipinski definition) is 3. The Bertz CT molecular complexity index is 562. The van der Waals surface area contributed by atoms with Crippen LogP contribution in [0.3, 0.4) is 0 Å². The third kappa shape index (κ3) is 5.74. The number of anilines is 1. The third-order valence-electron chi connectivity index (χ3n) is 3.07. The first-order valence-corrected chi connectivity index (χ1v) is 7.82. The van der Waals surface area contributed by atoms with Crippen LogP contribution in [0, 0.1) is 0 Å². The first-order valence-electron chi connectivity index (χ1n) is 6.67. The van der Waals surface area contributed by atoms with Gasteiger partial charge in [0.2, 0.25) is 5.91 Å². The maximum atomic E-state index is 11.9. The molecular weight excluding hydrogens is 342 g/mol. The van der Waals surface area contributed by atoms with E-state index in [-0.39, 0.29) is 36.8 Å². The van der Waals surface area contributed by atoms with Crippen LogP contribution in [0.4, 0.5) is 5.69 Å². The highest BCUT2D eigenvalue weighted by Crippen LogP contribution is 2.14. The van der Waals surface area contributed by atoms with E-state index < -0.39 is 5.97 Å². The topological polar surface area (TPSA) is 96.5 Å². The summed E-state index contributed by atoms with van der Waals surface area (Å²) in [6.45, 7) is -0.182. The molecular formula is C14H18ClN3O4S. The van der Waals surface area contributed by atoms with Gasteiger partial charge in [-0.3, -0.25) is 19.7 Å². The van der Waals surface area contributed by atoms with Crippen molar-refractivity contribution in [2.75, 3.05) is 30.6 Å². The largest absolute Gasteiger partial charge is 0.468 e. The second-order valence-electron chi connectivity index (χ2n) is 4.60. The van der Waals surface area contributed by atoms with Crippen LogP contribution in [0.5, 0.6) is 0 Å². The van der Waals surface area contributed by atoms with Crippen LogP contribution < -0.4 is 16.0 Å². The lowest BCUT2D eigenvalue weighted by molar-refractivity contribution is -0.139. The van der Waals surface area contributed by atoms with Gasteiger partial charge in [0.15, 0.2) is 0 Å². The summed E-state index contributed by atoms with van der Waals surface area (Å²) < 4.78 is 4.44. The quantitative estimate of drug-likeness (QED) is 0.667. The lowest BCUT2D eigenvalue weighted by Crippen LogP contribution is -2.37. The van der Waals surface area contributed by atoms with E-state index >= 15 is 0 Å². The lowest BCUT2D eigenvalue weighted by Gasteiger charge is -2.11. The maximum Gasteiger partial charge on any atom is 0.325 e. The molecule has 0 saturated carbocycles. The van der Waals surface area contributed by atoms with Crippen molar-refractivity contribution in [2.45, 2.75) is 6.04 Å². The van der Waals surface area contributed by atoms with Crippen LogP contribution in [-0.4, -0.2) is 49.1 Å². The number of carbonyl (C=O) groups excluding carboxylic acids is 3. The summed E-state index contributed by atoms with van der Waals surface area (Å²) in [6.07, 6.45) is 0. The molecule has 1 aromatic rings. The molecule has 2 rings (SSSR count). The highest BCUT2D eigenvalue weighted by molar-refractivity contribution is 7.99. The van der Waals surface area contributed by atoms with Crippen molar-refractivity contribution in [3.05, 3.63) is 29.8 Å². The molecule has 9 heteroatoms. The zero-order chi connectivity index (χ0) is 15.9. The minimum Gasteiger partial charge on any atom is -0.468 e. The monoisotopic (exact) mass is 359 g/mol. The van der Waals surface area contributed by atoms with Gasteiger partial charge in [0.1, 0.15) is 6.54 Å². The average molecular weight is 360 g/mol. The lowest BCUT2D eigenvalue weighted by atomic mass is 10.2. The molecule has 1 heterocycles. The zero-order valence-corrected chi connectivity index (χ0v) is 14.1. The fourth-order valence-electron chi connectivity index (χ4n) is 1.82. The molecule has 23 heavy (non-hydrogen) atoms. The highest BCUT2D eigenvalue weighted by atomic mass is 35.5. The minimum absolute atomic E-state index is 0. The Balaban J connectivity index is 0.00000264. The van der Waals surface area contributed by atoms with E-state index in [1.54, 1.807) is 36.0 Å². The predicted molar refractivity (Wildman–Crippen MR) is 90.9 cm³/mol. The van der Waals surface area contributed by atoms with Gasteiger partial charge in [0.25, 0.3) is 5.91 Å². The Morgan fingerprint density at radius 1 is 1.30 bits per heavy atom. The van der Waals surface area contributed by atoms with E-state index in [1.807, 2.05) is 0 Å². The number of ether oxygens (including phenoxy) is 1. The van der Waals surface area contributed by atoms with Crippen molar-refractivity contribution >= 4 is 47.6 Å². The van der Waals surface area contributed by atoms with Gasteiger partial charge in [-0.05, 0) is 24.3 Å². The summed E-state index contributed by atoms with van der Waals surface area (Å²) in [5, 5.41) is 8.31. The van der Waals surface area contributed by atoms with Crippen molar-refractivity contribution in [1.29, 1.82) is 0 Å². The third-order valence-corrected chi connectivity index (χ3v) is 4.01. The van der Waals surface area contributed by atoms with Gasteiger partial charge in [-0.15, -0.1) is 24.2 Å². The van der Waals surface area contributed by atoms with Gasteiger partial charge in [-0.25, -0.2) is 0 Å². The summed E-state index contributed by atoms with van der Waals surface area (Å²) in [5.41, 5.74) is 1.02. The number of benzene rings is 1. The summed E-state index contributed by atoms with van der Waals surface area (Å²) in [4.78, 5) is 34.7. The molecule has 2 amide bonds. The van der Waals surface area contributed by atoms with E-state index in [9.17, 15) is 14.4 Å². The molecule has 1 fully saturated rings. The van der Waals surface area contributed by atoms with Crippen LogP contribution in [-0.2, 0) is 14.3 Å². The van der Waals surface area contributed by atoms with Crippen molar-refractivity contribution in [1.82, 2.24) is 10.6 Å². The molecule has 0 bridgehead atoms. The van der Waals surface area contributed by atoms with Gasteiger partial charge in [0, 0.05) is 22.9 Å². The van der Waals surface area contributed by atoms with Crippen LogP contribution in [0.2, 0.25) is 0 Å². The van der Waals surface area contributed by atoms with Gasteiger partial charge >= 0.3 is 5.97 Å². The highest BCUT2D eigenvalue weighted by Gasteiger charge is 2.22. The summed E-state index contributed by atoms with van der Waals surface area (Å²) in [7, 11) is 1.25. The van der Waals surface area contributed by atoms with Gasteiger partial charge < -0.3 is 15.4 Å². The standard InChI is InChI=1S/C14H17N3O4S.ClH/c1-21-12(18)6-15-13(19)9-2-4-10(5-3-9)17-14(20)11-7-22-8-16-11;/h2-5,11,16H,6-8H2,1H3,(H,15,19)(H,17,20);1H. The molecule has 3 N–H and O–H groups in total. The molecule has 0 spiro atoms. The summed E-state index contributed by atoms with van der Waals surface area (Å²) in [6, 6.07) is 6.27.